The lowest BCUT2D eigenvalue weighted by Crippen LogP contribution is -2.06. The van der Waals surface area contributed by atoms with Crippen LogP contribution in [0.15, 0.2) is 36.5 Å². The van der Waals surface area contributed by atoms with Crippen LogP contribution >= 0.6 is 11.3 Å². The molecule has 0 saturated heterocycles. The van der Waals surface area contributed by atoms with Crippen LogP contribution < -0.4 is 0 Å². The molecule has 3 heterocycles. The minimum Gasteiger partial charge on any atom is -0.256 e. The molecule has 26 heavy (non-hydrogen) atoms. The van der Waals surface area contributed by atoms with Crippen molar-refractivity contribution < 1.29 is 13.2 Å². The molecule has 0 bridgehead atoms. The van der Waals surface area contributed by atoms with Crippen molar-refractivity contribution in [2.45, 2.75) is 19.5 Å². The molecule has 9 heteroatoms. The number of pyridine rings is 1. The molecule has 0 saturated carbocycles. The highest BCUT2D eigenvalue weighted by molar-refractivity contribution is 7.16. The quantitative estimate of drug-likeness (QED) is 0.533. The molecule has 0 aliphatic rings. The molecule has 5 nitrogen and oxygen atoms in total. The van der Waals surface area contributed by atoms with Crippen LogP contribution in [-0.4, -0.2) is 24.8 Å². The fraction of sp³-hybridized carbons (Fsp3) is 0.176. The molecule has 0 atom stereocenters. The van der Waals surface area contributed by atoms with Gasteiger partial charge in [0, 0.05) is 18.0 Å². The summed E-state index contributed by atoms with van der Waals surface area (Å²) in [6.07, 6.45) is 1.37. The largest absolute Gasteiger partial charge is 0.445 e. The Kier molecular flexibility index (Phi) is 3.95. The monoisotopic (exact) mass is 375 g/mol. The van der Waals surface area contributed by atoms with Gasteiger partial charge in [-0.05, 0) is 36.2 Å². The van der Waals surface area contributed by atoms with Gasteiger partial charge in [0.2, 0.25) is 9.97 Å². The van der Waals surface area contributed by atoms with Crippen LogP contribution in [0.1, 0.15) is 28.9 Å². The number of hydrogen-bond donors (Lipinski definition) is 0. The van der Waals surface area contributed by atoms with Crippen LogP contribution in [0.25, 0.3) is 21.9 Å². The smallest absolute Gasteiger partial charge is 0.256 e. The van der Waals surface area contributed by atoms with Crippen molar-refractivity contribution >= 4 is 33.3 Å². The first kappa shape index (κ1) is 16.6. The van der Waals surface area contributed by atoms with E-state index in [1.807, 2.05) is 43.3 Å². The molecule has 0 unspecified atom stereocenters. The maximum absolute atomic E-state index is 12.9. The van der Waals surface area contributed by atoms with Crippen LogP contribution in [0.3, 0.4) is 0 Å². The Morgan fingerprint density at radius 1 is 1.23 bits per heavy atom. The lowest BCUT2D eigenvalue weighted by molar-refractivity contribution is -0.138. The van der Waals surface area contributed by atoms with E-state index in [2.05, 4.69) is 20.3 Å². The van der Waals surface area contributed by atoms with Crippen LogP contribution in [0.4, 0.5) is 13.2 Å². The van der Waals surface area contributed by atoms with E-state index >= 15 is 0 Å². The Balaban J connectivity index is 1.80. The second-order valence-corrected chi connectivity index (χ2v) is 6.60. The predicted octanol–water partition coefficient (Wildman–Crippen LogP) is 4.38. The molecule has 0 N–H and O–H groups in total. The second-order valence-electron chi connectivity index (χ2n) is 5.64. The summed E-state index contributed by atoms with van der Waals surface area (Å²) in [6.45, 7) is 1.90. The van der Waals surface area contributed by atoms with Gasteiger partial charge in [-0.3, -0.25) is 4.98 Å². The van der Waals surface area contributed by atoms with E-state index in [4.69, 9.17) is 0 Å². The molecule has 3 aromatic heterocycles. The summed E-state index contributed by atoms with van der Waals surface area (Å²) in [5.74, 6) is 0.362. The minimum atomic E-state index is -4.49. The number of benzene rings is 1. The third kappa shape index (κ3) is 2.94. The zero-order chi connectivity index (χ0) is 18.3. The van der Waals surface area contributed by atoms with E-state index in [0.717, 1.165) is 22.0 Å². The summed E-state index contributed by atoms with van der Waals surface area (Å²) in [5.41, 5.74) is 2.70. The predicted molar refractivity (Wildman–Crippen MR) is 92.9 cm³/mol. The summed E-state index contributed by atoms with van der Waals surface area (Å²) < 4.78 is 39.8. The van der Waals surface area contributed by atoms with E-state index in [9.17, 15) is 13.2 Å². The highest BCUT2D eigenvalue weighted by atomic mass is 32.1. The molecule has 4 rings (SSSR count). The molecule has 0 fully saturated rings. The summed E-state index contributed by atoms with van der Waals surface area (Å²) in [6, 6.07) is 7.70. The molecule has 4 aromatic rings. The van der Waals surface area contributed by atoms with E-state index < -0.39 is 11.2 Å². The number of allylic oxidation sites excluding steroid dienone is 1. The standard InChI is InChI=1S/C17H12F3N5S/c1-2-4-10-8-13-11(5-3-6-21-13)7-12(10)9-14-22-23-16-25(14)24-15(26-16)17(18,19)20/h2-8H,9H2,1H3/b4-2-. The summed E-state index contributed by atoms with van der Waals surface area (Å²) in [4.78, 5) is 4.47. The Labute approximate surface area is 149 Å². The van der Waals surface area contributed by atoms with Crippen molar-refractivity contribution in [2.24, 2.45) is 0 Å². The number of nitrogens with zero attached hydrogens (tertiary/aromatic N) is 5. The van der Waals surface area contributed by atoms with Crippen molar-refractivity contribution in [1.82, 2.24) is 24.8 Å². The van der Waals surface area contributed by atoms with Crippen molar-refractivity contribution in [3.63, 3.8) is 0 Å². The number of aromatic nitrogens is 5. The topological polar surface area (TPSA) is 56.0 Å². The molecular formula is C17H12F3N5S. The molecule has 0 amide bonds. The van der Waals surface area contributed by atoms with Gasteiger partial charge in [-0.25, -0.2) is 0 Å². The number of rotatable bonds is 3. The first-order valence-electron chi connectivity index (χ1n) is 7.74. The van der Waals surface area contributed by atoms with Crippen molar-refractivity contribution in [3.05, 3.63) is 58.5 Å². The number of fused-ring (bicyclic) bond motifs is 2. The average Bonchev–Trinajstić information content (AvgIpc) is 3.17. The summed E-state index contributed by atoms with van der Waals surface area (Å²) in [7, 11) is 0. The van der Waals surface area contributed by atoms with Gasteiger partial charge in [-0.2, -0.15) is 17.7 Å². The van der Waals surface area contributed by atoms with Gasteiger partial charge in [-0.1, -0.05) is 29.6 Å². The van der Waals surface area contributed by atoms with E-state index in [1.165, 1.54) is 4.52 Å². The zero-order valence-electron chi connectivity index (χ0n) is 13.5. The van der Waals surface area contributed by atoms with Gasteiger partial charge in [0.15, 0.2) is 5.82 Å². The highest BCUT2D eigenvalue weighted by Crippen LogP contribution is 2.32. The maximum Gasteiger partial charge on any atom is 0.445 e. The normalized spacial score (nSPS) is 12.6. The fourth-order valence-corrected chi connectivity index (χ4v) is 3.45. The van der Waals surface area contributed by atoms with Gasteiger partial charge in [-0.15, -0.1) is 15.3 Å². The van der Waals surface area contributed by atoms with Crippen LogP contribution in [0.5, 0.6) is 0 Å². The van der Waals surface area contributed by atoms with Crippen LogP contribution in [-0.2, 0) is 12.6 Å². The molecular weight excluding hydrogens is 363 g/mol. The van der Waals surface area contributed by atoms with E-state index in [1.54, 1.807) is 6.20 Å². The van der Waals surface area contributed by atoms with Gasteiger partial charge in [0.1, 0.15) is 0 Å². The number of halogens is 3. The van der Waals surface area contributed by atoms with E-state index in [0.29, 0.717) is 23.6 Å². The third-order valence-electron chi connectivity index (χ3n) is 3.86. The minimum absolute atomic E-state index is 0.127. The Bertz CT molecular complexity index is 1130. The third-order valence-corrected chi connectivity index (χ3v) is 4.80. The van der Waals surface area contributed by atoms with Gasteiger partial charge < -0.3 is 0 Å². The first-order valence-corrected chi connectivity index (χ1v) is 8.56. The van der Waals surface area contributed by atoms with Crippen LogP contribution in [0.2, 0.25) is 0 Å². The lowest BCUT2D eigenvalue weighted by atomic mass is 10.0. The second kappa shape index (κ2) is 6.17. The maximum atomic E-state index is 12.9. The molecule has 0 radical (unpaired) electrons. The fourth-order valence-electron chi connectivity index (χ4n) is 2.72. The molecule has 0 aliphatic heterocycles. The van der Waals surface area contributed by atoms with Gasteiger partial charge >= 0.3 is 6.18 Å². The lowest BCUT2D eigenvalue weighted by Gasteiger charge is -2.07. The highest BCUT2D eigenvalue weighted by Gasteiger charge is 2.36. The molecule has 0 spiro atoms. The summed E-state index contributed by atoms with van der Waals surface area (Å²) in [5, 5.41) is 11.5. The Morgan fingerprint density at radius 2 is 2.08 bits per heavy atom. The van der Waals surface area contributed by atoms with Crippen molar-refractivity contribution in [1.29, 1.82) is 0 Å². The van der Waals surface area contributed by atoms with Crippen molar-refractivity contribution in [3.8, 4) is 0 Å². The first-order chi connectivity index (χ1) is 12.5. The zero-order valence-corrected chi connectivity index (χ0v) is 14.3. The summed E-state index contributed by atoms with van der Waals surface area (Å²) >= 11 is 0.482. The number of hydrogen-bond acceptors (Lipinski definition) is 5. The molecule has 1 aromatic carbocycles. The van der Waals surface area contributed by atoms with Crippen molar-refractivity contribution in [2.75, 3.05) is 0 Å². The van der Waals surface area contributed by atoms with Gasteiger partial charge in [0.05, 0.1) is 5.52 Å². The molecule has 0 aliphatic carbocycles. The van der Waals surface area contributed by atoms with Crippen LogP contribution in [0, 0.1) is 0 Å². The van der Waals surface area contributed by atoms with E-state index in [-0.39, 0.29) is 4.96 Å². The average molecular weight is 375 g/mol. The molecule has 132 valence electrons. The Hall–Kier alpha value is -2.81. The van der Waals surface area contributed by atoms with Gasteiger partial charge in [0.25, 0.3) is 0 Å². The number of alkyl halides is 3. The Morgan fingerprint density at radius 3 is 2.85 bits per heavy atom. The SMILES string of the molecule is C/C=C\c1cc2ncccc2cc1Cc1nnc2sc(C(F)(F)F)nn12.